The van der Waals surface area contributed by atoms with E-state index < -0.39 is 5.60 Å². The maximum atomic E-state index is 12.9. The summed E-state index contributed by atoms with van der Waals surface area (Å²) >= 11 is 0. The third-order valence-electron chi connectivity index (χ3n) is 5.49. The molecule has 0 atom stereocenters. The molecule has 6 nitrogen and oxygen atoms in total. The van der Waals surface area contributed by atoms with E-state index in [4.69, 9.17) is 4.52 Å². The molecule has 2 N–H and O–H groups in total. The first kappa shape index (κ1) is 16.5. The van der Waals surface area contributed by atoms with Gasteiger partial charge in [-0.1, -0.05) is 30.8 Å². The van der Waals surface area contributed by atoms with E-state index >= 15 is 0 Å². The molecule has 2 aromatic rings. The van der Waals surface area contributed by atoms with Gasteiger partial charge in [0.05, 0.1) is 22.2 Å². The van der Waals surface area contributed by atoms with Crippen LogP contribution in [0.1, 0.15) is 79.0 Å². The molecule has 0 aromatic carbocycles. The number of aromatic nitrogens is 2. The molecule has 0 spiro atoms. The first-order valence-electron chi connectivity index (χ1n) is 9.33. The Kier molecular flexibility index (Phi) is 4.23. The zero-order valence-electron chi connectivity index (χ0n) is 14.7. The summed E-state index contributed by atoms with van der Waals surface area (Å²) in [7, 11) is 0. The minimum Gasteiger partial charge on any atom is -0.388 e. The van der Waals surface area contributed by atoms with Gasteiger partial charge in [-0.25, -0.2) is 4.98 Å². The van der Waals surface area contributed by atoms with E-state index in [-0.39, 0.29) is 5.91 Å². The molecular weight excluding hydrogens is 318 g/mol. The second kappa shape index (κ2) is 6.41. The Bertz CT molecular complexity index is 787. The van der Waals surface area contributed by atoms with E-state index in [2.05, 4.69) is 15.5 Å². The van der Waals surface area contributed by atoms with Crippen molar-refractivity contribution >= 4 is 17.0 Å². The number of hydrogen-bond donors (Lipinski definition) is 2. The van der Waals surface area contributed by atoms with Crippen LogP contribution in [0.3, 0.4) is 0 Å². The van der Waals surface area contributed by atoms with E-state index in [0.717, 1.165) is 57.1 Å². The summed E-state index contributed by atoms with van der Waals surface area (Å²) in [6.45, 7) is 2.11. The van der Waals surface area contributed by atoms with Crippen LogP contribution < -0.4 is 5.32 Å². The van der Waals surface area contributed by atoms with Gasteiger partial charge in [0.15, 0.2) is 0 Å². The molecule has 0 radical (unpaired) electrons. The number of nitrogens with one attached hydrogen (secondary N) is 1. The molecule has 0 bridgehead atoms. The second-order valence-electron chi connectivity index (χ2n) is 7.64. The molecule has 0 saturated heterocycles. The van der Waals surface area contributed by atoms with E-state index in [0.29, 0.717) is 34.8 Å². The Morgan fingerprint density at radius 3 is 2.72 bits per heavy atom. The summed E-state index contributed by atoms with van der Waals surface area (Å²) in [5.41, 5.74) is 1.77. The predicted octanol–water partition coefficient (Wildman–Crippen LogP) is 3.22. The van der Waals surface area contributed by atoms with Crippen molar-refractivity contribution in [3.8, 4) is 0 Å². The fourth-order valence-electron chi connectivity index (χ4n) is 3.78. The summed E-state index contributed by atoms with van der Waals surface area (Å²) in [6.07, 6.45) is 8.05. The van der Waals surface area contributed by atoms with E-state index in [9.17, 15) is 9.90 Å². The largest absolute Gasteiger partial charge is 0.388 e. The van der Waals surface area contributed by atoms with Crippen molar-refractivity contribution in [3.63, 3.8) is 0 Å². The van der Waals surface area contributed by atoms with Gasteiger partial charge in [-0.3, -0.25) is 4.79 Å². The highest BCUT2D eigenvalue weighted by Crippen LogP contribution is 2.40. The fourth-order valence-corrected chi connectivity index (χ4v) is 3.78. The summed E-state index contributed by atoms with van der Waals surface area (Å²) in [6, 6.07) is 1.87. The molecule has 1 amide bonds. The molecule has 0 aliphatic heterocycles. The molecule has 134 valence electrons. The van der Waals surface area contributed by atoms with Gasteiger partial charge in [-0.05, 0) is 38.7 Å². The summed E-state index contributed by atoms with van der Waals surface area (Å²) in [5, 5.41) is 18.4. The number of rotatable bonds is 4. The Balaban J connectivity index is 1.57. The number of pyridine rings is 1. The van der Waals surface area contributed by atoms with Crippen LogP contribution in [0, 0.1) is 6.92 Å². The topological polar surface area (TPSA) is 88.2 Å². The maximum Gasteiger partial charge on any atom is 0.259 e. The number of carbonyl (C=O) groups is 1. The minimum atomic E-state index is -0.790. The van der Waals surface area contributed by atoms with Crippen LogP contribution in [0.5, 0.6) is 0 Å². The van der Waals surface area contributed by atoms with Crippen molar-refractivity contribution in [2.75, 3.05) is 6.54 Å². The van der Waals surface area contributed by atoms with Gasteiger partial charge < -0.3 is 14.9 Å². The highest BCUT2D eigenvalue weighted by molar-refractivity contribution is 6.06. The van der Waals surface area contributed by atoms with Gasteiger partial charge in [0, 0.05) is 18.2 Å². The molecule has 2 fully saturated rings. The molecule has 2 aliphatic carbocycles. The number of nitrogens with zero attached hydrogens (tertiary/aromatic N) is 2. The zero-order chi connectivity index (χ0) is 17.4. The first-order valence-corrected chi connectivity index (χ1v) is 9.33. The molecule has 2 heterocycles. The third kappa shape index (κ3) is 3.40. The highest BCUT2D eigenvalue weighted by atomic mass is 16.5. The predicted molar refractivity (Wildman–Crippen MR) is 93.5 cm³/mol. The van der Waals surface area contributed by atoms with Crippen LogP contribution in [0.25, 0.3) is 11.1 Å². The van der Waals surface area contributed by atoms with Gasteiger partial charge in [-0.2, -0.15) is 0 Å². The maximum absolute atomic E-state index is 12.9. The molecule has 6 heteroatoms. The van der Waals surface area contributed by atoms with Crippen molar-refractivity contribution in [1.29, 1.82) is 0 Å². The van der Waals surface area contributed by atoms with Crippen molar-refractivity contribution in [2.24, 2.45) is 0 Å². The lowest BCUT2D eigenvalue weighted by molar-refractivity contribution is 0.0246. The number of aliphatic hydroxyl groups is 1. The first-order chi connectivity index (χ1) is 12.1. The lowest BCUT2D eigenvalue weighted by Crippen LogP contribution is -2.42. The van der Waals surface area contributed by atoms with Crippen LogP contribution in [0.15, 0.2) is 10.6 Å². The van der Waals surface area contributed by atoms with Crippen LogP contribution in [0.2, 0.25) is 0 Å². The summed E-state index contributed by atoms with van der Waals surface area (Å²) in [5.74, 6) is 0.241. The minimum absolute atomic E-state index is 0.182. The number of aryl methyl sites for hydroxylation is 1. The van der Waals surface area contributed by atoms with Crippen molar-refractivity contribution in [2.45, 2.75) is 69.8 Å². The standard InChI is InChI=1S/C19H25N3O3/c1-12-16-14(10-15(13-6-7-13)21-18(16)25-22-12)17(23)20-11-19(24)8-4-2-3-5-9-19/h10,13,24H,2-9,11H2,1H3,(H,20,23). The molecule has 25 heavy (non-hydrogen) atoms. The van der Waals surface area contributed by atoms with Gasteiger partial charge in [-0.15, -0.1) is 0 Å². The monoisotopic (exact) mass is 343 g/mol. The van der Waals surface area contributed by atoms with E-state index in [1.807, 2.05) is 13.0 Å². The Morgan fingerprint density at radius 2 is 2.04 bits per heavy atom. The smallest absolute Gasteiger partial charge is 0.259 e. The van der Waals surface area contributed by atoms with E-state index in [1.54, 1.807) is 0 Å². The molecule has 2 saturated carbocycles. The van der Waals surface area contributed by atoms with Crippen molar-refractivity contribution < 1.29 is 14.4 Å². The van der Waals surface area contributed by atoms with Gasteiger partial charge >= 0.3 is 0 Å². The average Bonchev–Trinajstić information content (AvgIpc) is 3.41. The normalized spacial score (nSPS) is 20.4. The summed E-state index contributed by atoms with van der Waals surface area (Å²) < 4.78 is 5.30. The van der Waals surface area contributed by atoms with Crippen LogP contribution in [-0.4, -0.2) is 33.3 Å². The van der Waals surface area contributed by atoms with Gasteiger partial charge in [0.2, 0.25) is 0 Å². The molecular formula is C19H25N3O3. The molecule has 0 unspecified atom stereocenters. The number of amides is 1. The van der Waals surface area contributed by atoms with Crippen molar-refractivity contribution in [1.82, 2.24) is 15.5 Å². The molecule has 4 rings (SSSR count). The van der Waals surface area contributed by atoms with Crippen LogP contribution in [0.4, 0.5) is 0 Å². The van der Waals surface area contributed by atoms with Crippen LogP contribution in [-0.2, 0) is 0 Å². The highest BCUT2D eigenvalue weighted by Gasteiger charge is 2.31. The average molecular weight is 343 g/mol. The van der Waals surface area contributed by atoms with Gasteiger partial charge in [0.1, 0.15) is 0 Å². The van der Waals surface area contributed by atoms with Crippen molar-refractivity contribution in [3.05, 3.63) is 23.0 Å². The number of fused-ring (bicyclic) bond motifs is 1. The quantitative estimate of drug-likeness (QED) is 0.832. The SMILES string of the molecule is Cc1noc2nc(C3CC3)cc(C(=O)NCC3(O)CCCCCC3)c12. The third-order valence-corrected chi connectivity index (χ3v) is 5.49. The summed E-state index contributed by atoms with van der Waals surface area (Å²) in [4.78, 5) is 17.4. The Labute approximate surface area is 147 Å². The number of carbonyl (C=O) groups excluding carboxylic acids is 1. The fraction of sp³-hybridized carbons (Fsp3) is 0.632. The van der Waals surface area contributed by atoms with Crippen LogP contribution >= 0.6 is 0 Å². The molecule has 2 aliphatic rings. The van der Waals surface area contributed by atoms with Gasteiger partial charge in [0.25, 0.3) is 11.6 Å². The zero-order valence-corrected chi connectivity index (χ0v) is 14.7. The lowest BCUT2D eigenvalue weighted by Gasteiger charge is -2.26. The second-order valence-corrected chi connectivity index (χ2v) is 7.64. The Hall–Kier alpha value is -1.95. The lowest BCUT2D eigenvalue weighted by atomic mass is 9.94. The number of hydrogen-bond acceptors (Lipinski definition) is 5. The Morgan fingerprint density at radius 1 is 1.32 bits per heavy atom. The van der Waals surface area contributed by atoms with E-state index in [1.165, 1.54) is 0 Å². The molecule has 2 aromatic heterocycles.